The fourth-order valence-corrected chi connectivity index (χ4v) is 1.63. The normalized spacial score (nSPS) is 17.5. The van der Waals surface area contributed by atoms with Crippen molar-refractivity contribution in [3.8, 4) is 17.0 Å². The Labute approximate surface area is 106 Å². The maximum absolute atomic E-state index is 5.58. The fraction of sp³-hybridized carbons (Fsp3) is 0.286. The number of ether oxygens (including phenoxy) is 2. The number of benzene rings is 1. The minimum Gasteiger partial charge on any atom is -0.491 e. The van der Waals surface area contributed by atoms with E-state index in [-0.39, 0.29) is 6.10 Å². The average Bonchev–Trinajstić information content (AvgIpc) is 3.22. The van der Waals surface area contributed by atoms with Crippen molar-refractivity contribution in [1.82, 2.24) is 10.2 Å². The van der Waals surface area contributed by atoms with Crippen LogP contribution in [-0.4, -0.2) is 29.5 Å². The maximum atomic E-state index is 5.58. The molecule has 1 atom stereocenters. The first kappa shape index (κ1) is 11.2. The molecular weight excluding hydrogens is 228 g/mol. The second-order valence-electron chi connectivity index (χ2n) is 4.35. The zero-order chi connectivity index (χ0) is 12.4. The SMILES string of the molecule is Cc1ccc(-c2ccc(OCC3CO3)cc2)nn1. The molecule has 0 radical (unpaired) electrons. The first-order valence-electron chi connectivity index (χ1n) is 5.96. The van der Waals surface area contributed by atoms with E-state index < -0.39 is 0 Å². The fourth-order valence-electron chi connectivity index (χ4n) is 1.63. The van der Waals surface area contributed by atoms with Gasteiger partial charge in [0.25, 0.3) is 0 Å². The van der Waals surface area contributed by atoms with E-state index in [2.05, 4.69) is 10.2 Å². The zero-order valence-corrected chi connectivity index (χ0v) is 10.2. The van der Waals surface area contributed by atoms with E-state index in [4.69, 9.17) is 9.47 Å². The summed E-state index contributed by atoms with van der Waals surface area (Å²) in [4.78, 5) is 0. The molecule has 1 unspecified atom stereocenters. The minimum absolute atomic E-state index is 0.285. The van der Waals surface area contributed by atoms with Crippen molar-refractivity contribution < 1.29 is 9.47 Å². The second-order valence-corrected chi connectivity index (χ2v) is 4.35. The van der Waals surface area contributed by atoms with Crippen molar-refractivity contribution in [3.63, 3.8) is 0 Å². The van der Waals surface area contributed by atoms with Gasteiger partial charge >= 0.3 is 0 Å². The molecule has 1 fully saturated rings. The van der Waals surface area contributed by atoms with Crippen LogP contribution in [0.25, 0.3) is 11.3 Å². The van der Waals surface area contributed by atoms with E-state index in [1.807, 2.05) is 43.3 Å². The molecule has 0 spiro atoms. The Morgan fingerprint density at radius 2 is 1.94 bits per heavy atom. The first-order chi connectivity index (χ1) is 8.81. The van der Waals surface area contributed by atoms with Crippen molar-refractivity contribution in [2.45, 2.75) is 13.0 Å². The Hall–Kier alpha value is -1.94. The van der Waals surface area contributed by atoms with Gasteiger partial charge < -0.3 is 9.47 Å². The van der Waals surface area contributed by atoms with Gasteiger partial charge in [0.15, 0.2) is 0 Å². The number of hydrogen-bond acceptors (Lipinski definition) is 4. The molecule has 0 N–H and O–H groups in total. The third-order valence-corrected chi connectivity index (χ3v) is 2.79. The van der Waals surface area contributed by atoms with Crippen LogP contribution in [0.4, 0.5) is 0 Å². The summed E-state index contributed by atoms with van der Waals surface area (Å²) in [7, 11) is 0. The molecule has 4 nitrogen and oxygen atoms in total. The lowest BCUT2D eigenvalue weighted by Gasteiger charge is -2.05. The van der Waals surface area contributed by atoms with Crippen molar-refractivity contribution in [2.24, 2.45) is 0 Å². The lowest BCUT2D eigenvalue weighted by Crippen LogP contribution is -2.03. The summed E-state index contributed by atoms with van der Waals surface area (Å²) in [5, 5.41) is 8.20. The minimum atomic E-state index is 0.285. The predicted octanol–water partition coefficient (Wildman–Crippen LogP) is 2.23. The molecule has 18 heavy (non-hydrogen) atoms. The standard InChI is InChI=1S/C14H14N2O2/c1-10-2-7-14(16-15-10)11-3-5-12(6-4-11)17-8-13-9-18-13/h2-7,13H,8-9H2,1H3. The molecule has 1 aliphatic rings. The van der Waals surface area contributed by atoms with Crippen LogP contribution in [0.2, 0.25) is 0 Å². The second kappa shape index (κ2) is 4.74. The van der Waals surface area contributed by atoms with Crippen LogP contribution in [0.1, 0.15) is 5.69 Å². The Kier molecular flexibility index (Phi) is 2.94. The molecule has 2 heterocycles. The monoisotopic (exact) mass is 242 g/mol. The van der Waals surface area contributed by atoms with E-state index in [1.54, 1.807) is 0 Å². The number of hydrogen-bond donors (Lipinski definition) is 0. The van der Waals surface area contributed by atoms with Gasteiger partial charge in [0, 0.05) is 5.56 Å². The molecule has 92 valence electrons. The maximum Gasteiger partial charge on any atom is 0.119 e. The Morgan fingerprint density at radius 3 is 2.56 bits per heavy atom. The van der Waals surface area contributed by atoms with E-state index in [0.29, 0.717) is 6.61 Å². The molecule has 2 aromatic rings. The van der Waals surface area contributed by atoms with Gasteiger partial charge in [-0.15, -0.1) is 0 Å². The molecule has 0 saturated carbocycles. The highest BCUT2D eigenvalue weighted by molar-refractivity contribution is 5.59. The van der Waals surface area contributed by atoms with Crippen LogP contribution in [0.15, 0.2) is 36.4 Å². The number of aryl methyl sites for hydroxylation is 1. The molecule has 1 saturated heterocycles. The zero-order valence-electron chi connectivity index (χ0n) is 10.2. The third kappa shape index (κ3) is 2.65. The Bertz CT molecular complexity index is 518. The van der Waals surface area contributed by atoms with Gasteiger partial charge in [-0.05, 0) is 43.3 Å². The number of nitrogens with zero attached hydrogens (tertiary/aromatic N) is 2. The number of epoxide rings is 1. The lowest BCUT2D eigenvalue weighted by molar-refractivity contribution is 0.263. The summed E-state index contributed by atoms with van der Waals surface area (Å²) in [6.45, 7) is 3.37. The van der Waals surface area contributed by atoms with Crippen LogP contribution in [-0.2, 0) is 4.74 Å². The van der Waals surface area contributed by atoms with Crippen molar-refractivity contribution >= 4 is 0 Å². The van der Waals surface area contributed by atoms with Crippen LogP contribution in [0.5, 0.6) is 5.75 Å². The van der Waals surface area contributed by atoms with Gasteiger partial charge in [0.2, 0.25) is 0 Å². The van der Waals surface area contributed by atoms with Crippen molar-refractivity contribution in [3.05, 3.63) is 42.1 Å². The smallest absolute Gasteiger partial charge is 0.119 e. The van der Waals surface area contributed by atoms with Gasteiger partial charge in [-0.2, -0.15) is 10.2 Å². The van der Waals surface area contributed by atoms with E-state index in [9.17, 15) is 0 Å². The average molecular weight is 242 g/mol. The number of rotatable bonds is 4. The van der Waals surface area contributed by atoms with E-state index >= 15 is 0 Å². The topological polar surface area (TPSA) is 47.5 Å². The molecule has 1 aliphatic heterocycles. The Balaban J connectivity index is 1.71. The summed E-state index contributed by atoms with van der Waals surface area (Å²) in [5.74, 6) is 0.856. The van der Waals surface area contributed by atoms with Gasteiger partial charge in [0.05, 0.1) is 18.0 Å². The largest absolute Gasteiger partial charge is 0.491 e. The Morgan fingerprint density at radius 1 is 1.17 bits per heavy atom. The van der Waals surface area contributed by atoms with Crippen LogP contribution in [0, 0.1) is 6.92 Å². The molecule has 0 amide bonds. The molecule has 4 heteroatoms. The molecule has 1 aromatic carbocycles. The summed E-state index contributed by atoms with van der Waals surface area (Å²) < 4.78 is 10.7. The predicted molar refractivity (Wildman–Crippen MR) is 67.4 cm³/mol. The van der Waals surface area contributed by atoms with Gasteiger partial charge in [0.1, 0.15) is 18.5 Å². The lowest BCUT2D eigenvalue weighted by atomic mass is 10.1. The molecule has 1 aromatic heterocycles. The van der Waals surface area contributed by atoms with Gasteiger partial charge in [-0.25, -0.2) is 0 Å². The molecular formula is C14H14N2O2. The van der Waals surface area contributed by atoms with Crippen LogP contribution in [0.3, 0.4) is 0 Å². The first-order valence-corrected chi connectivity index (χ1v) is 5.96. The van der Waals surface area contributed by atoms with E-state index in [0.717, 1.165) is 29.3 Å². The van der Waals surface area contributed by atoms with Gasteiger partial charge in [-0.1, -0.05) is 0 Å². The highest BCUT2D eigenvalue weighted by Gasteiger charge is 2.22. The summed E-state index contributed by atoms with van der Waals surface area (Å²) >= 11 is 0. The van der Waals surface area contributed by atoms with Crippen LogP contribution < -0.4 is 4.74 Å². The quantitative estimate of drug-likeness (QED) is 0.771. The van der Waals surface area contributed by atoms with E-state index in [1.165, 1.54) is 0 Å². The summed E-state index contributed by atoms with van der Waals surface area (Å²) in [5.41, 5.74) is 2.83. The molecule has 0 bridgehead atoms. The highest BCUT2D eigenvalue weighted by Crippen LogP contribution is 2.21. The summed E-state index contributed by atoms with van der Waals surface area (Å²) in [6, 6.07) is 11.8. The third-order valence-electron chi connectivity index (χ3n) is 2.79. The van der Waals surface area contributed by atoms with Crippen molar-refractivity contribution in [2.75, 3.05) is 13.2 Å². The molecule has 3 rings (SSSR count). The highest BCUT2D eigenvalue weighted by atomic mass is 16.6. The van der Waals surface area contributed by atoms with Crippen LogP contribution >= 0.6 is 0 Å². The molecule has 0 aliphatic carbocycles. The van der Waals surface area contributed by atoms with Gasteiger partial charge in [-0.3, -0.25) is 0 Å². The summed E-state index contributed by atoms with van der Waals surface area (Å²) in [6.07, 6.45) is 0.285. The van der Waals surface area contributed by atoms with Crippen molar-refractivity contribution in [1.29, 1.82) is 0 Å². The number of aromatic nitrogens is 2.